The molecule has 176 valence electrons. The van der Waals surface area contributed by atoms with Crippen molar-refractivity contribution in [3.8, 4) is 17.0 Å². The summed E-state index contributed by atoms with van der Waals surface area (Å²) in [6.45, 7) is 5.84. The first-order valence-electron chi connectivity index (χ1n) is 10.9. The number of nitrogens with two attached hydrogens (primary N) is 1. The maximum Gasteiger partial charge on any atom is 0.252 e. The molecule has 3 aromatic heterocycles. The highest BCUT2D eigenvalue weighted by atomic mass is 32.1. The summed E-state index contributed by atoms with van der Waals surface area (Å²) in [6, 6.07) is 9.57. The summed E-state index contributed by atoms with van der Waals surface area (Å²) in [5.41, 5.74) is 11.3. The highest BCUT2D eigenvalue weighted by Crippen LogP contribution is 2.39. The van der Waals surface area contributed by atoms with Crippen LogP contribution in [0, 0.1) is 20.8 Å². The summed E-state index contributed by atoms with van der Waals surface area (Å²) in [5, 5.41) is 8.61. The van der Waals surface area contributed by atoms with Crippen molar-refractivity contribution >= 4 is 39.2 Å². The van der Waals surface area contributed by atoms with Crippen molar-refractivity contribution in [3.05, 3.63) is 57.6 Å². The molecular formula is C25H27N5O3S. The number of carbonyl (C=O) groups is 2. The first-order chi connectivity index (χ1) is 16.2. The second kappa shape index (κ2) is 9.26. The first kappa shape index (κ1) is 23.4. The van der Waals surface area contributed by atoms with Crippen LogP contribution in [0.5, 0.6) is 5.88 Å². The molecule has 4 rings (SSSR count). The van der Waals surface area contributed by atoms with Crippen LogP contribution in [0.1, 0.15) is 38.5 Å². The molecular weight excluding hydrogens is 450 g/mol. The average Bonchev–Trinajstić information content (AvgIpc) is 3.30. The molecule has 0 saturated carbocycles. The Bertz CT molecular complexity index is 1410. The number of ether oxygens (including phenoxy) is 1. The molecule has 0 aliphatic rings. The Labute approximate surface area is 201 Å². The van der Waals surface area contributed by atoms with Crippen LogP contribution in [0.15, 0.2) is 30.3 Å². The van der Waals surface area contributed by atoms with Crippen molar-refractivity contribution in [3.63, 3.8) is 0 Å². The van der Waals surface area contributed by atoms with Crippen LogP contribution in [-0.2, 0) is 18.3 Å². The van der Waals surface area contributed by atoms with Crippen molar-refractivity contribution in [2.24, 2.45) is 12.8 Å². The molecule has 3 N–H and O–H groups in total. The Hall–Kier alpha value is -3.72. The Kier molecular flexibility index (Phi) is 6.39. The van der Waals surface area contributed by atoms with Gasteiger partial charge in [0.25, 0.3) is 5.91 Å². The van der Waals surface area contributed by atoms with Gasteiger partial charge in [0.05, 0.1) is 18.1 Å². The van der Waals surface area contributed by atoms with Gasteiger partial charge in [-0.1, -0.05) is 30.3 Å². The summed E-state index contributed by atoms with van der Waals surface area (Å²) >= 11 is 1.36. The van der Waals surface area contributed by atoms with Crippen LogP contribution in [-0.4, -0.2) is 33.7 Å². The lowest BCUT2D eigenvalue weighted by Crippen LogP contribution is -2.18. The van der Waals surface area contributed by atoms with E-state index in [4.69, 9.17) is 10.5 Å². The number of rotatable bonds is 7. The van der Waals surface area contributed by atoms with Gasteiger partial charge in [0.1, 0.15) is 5.00 Å². The van der Waals surface area contributed by atoms with Gasteiger partial charge in [0.2, 0.25) is 11.8 Å². The summed E-state index contributed by atoms with van der Waals surface area (Å²) in [4.78, 5) is 30.8. The SMILES string of the molecule is COc1nn(C)c2nc(C)c(CCC(=O)Nc3sc(C)c(-c4ccccc4)c3C(N)=O)c(C)c12. The number of amides is 2. The van der Waals surface area contributed by atoms with E-state index in [-0.39, 0.29) is 12.3 Å². The van der Waals surface area contributed by atoms with Gasteiger partial charge >= 0.3 is 0 Å². The smallest absolute Gasteiger partial charge is 0.252 e. The summed E-state index contributed by atoms with van der Waals surface area (Å²) in [5.74, 6) is -0.245. The Morgan fingerprint density at radius 3 is 2.53 bits per heavy atom. The minimum atomic E-state index is -0.566. The predicted molar refractivity (Wildman–Crippen MR) is 134 cm³/mol. The minimum absolute atomic E-state index is 0.194. The lowest BCUT2D eigenvalue weighted by atomic mass is 9.99. The standard InChI is InChI=1S/C25H27N5O3S/c1-13-17(14(2)27-23-19(13)24(33-5)29-30(23)4)11-12-18(31)28-25-21(22(26)32)20(15(3)34-25)16-9-7-6-8-10-16/h6-10H,11-12H2,1-5H3,(H2,26,32)(H,28,31). The first-order valence-corrected chi connectivity index (χ1v) is 11.7. The number of nitrogens with zero attached hydrogens (tertiary/aromatic N) is 3. The fourth-order valence-electron chi connectivity index (χ4n) is 4.36. The number of aryl methyl sites for hydroxylation is 4. The van der Waals surface area contributed by atoms with Gasteiger partial charge in [-0.25, -0.2) is 9.67 Å². The quantitative estimate of drug-likeness (QED) is 0.412. The second-order valence-electron chi connectivity index (χ2n) is 8.15. The van der Waals surface area contributed by atoms with E-state index in [0.29, 0.717) is 22.9 Å². The number of thiophene rings is 1. The second-order valence-corrected chi connectivity index (χ2v) is 9.37. The molecule has 0 fully saturated rings. The average molecular weight is 478 g/mol. The van der Waals surface area contributed by atoms with Crippen LogP contribution >= 0.6 is 11.3 Å². The number of benzene rings is 1. The monoisotopic (exact) mass is 477 g/mol. The van der Waals surface area contributed by atoms with Crippen LogP contribution in [0.25, 0.3) is 22.2 Å². The lowest BCUT2D eigenvalue weighted by molar-refractivity contribution is -0.116. The Morgan fingerprint density at radius 2 is 1.88 bits per heavy atom. The van der Waals surface area contributed by atoms with Crippen LogP contribution in [0.2, 0.25) is 0 Å². The van der Waals surface area contributed by atoms with E-state index < -0.39 is 5.91 Å². The van der Waals surface area contributed by atoms with E-state index in [1.807, 2.05) is 58.2 Å². The number of hydrogen-bond acceptors (Lipinski definition) is 6. The summed E-state index contributed by atoms with van der Waals surface area (Å²) < 4.78 is 7.11. The molecule has 8 nitrogen and oxygen atoms in total. The summed E-state index contributed by atoms with van der Waals surface area (Å²) in [6.07, 6.45) is 0.722. The zero-order valence-electron chi connectivity index (χ0n) is 19.9. The fraction of sp³-hybridized carbons (Fsp3) is 0.280. The van der Waals surface area contributed by atoms with Gasteiger partial charge in [-0.05, 0) is 43.9 Å². The number of carbonyl (C=O) groups excluding carboxylic acids is 2. The van der Waals surface area contributed by atoms with E-state index in [1.165, 1.54) is 11.3 Å². The van der Waals surface area contributed by atoms with Crippen molar-refractivity contribution in [1.82, 2.24) is 14.8 Å². The lowest BCUT2D eigenvalue weighted by Gasteiger charge is -2.11. The summed E-state index contributed by atoms with van der Waals surface area (Å²) in [7, 11) is 3.41. The molecule has 2 amide bonds. The van der Waals surface area contributed by atoms with Crippen LogP contribution < -0.4 is 15.8 Å². The number of primary amides is 1. The third-order valence-corrected chi connectivity index (χ3v) is 6.98. The number of fused-ring (bicyclic) bond motifs is 1. The Balaban J connectivity index is 1.59. The molecule has 34 heavy (non-hydrogen) atoms. The van der Waals surface area contributed by atoms with Crippen molar-refractivity contribution < 1.29 is 14.3 Å². The third-order valence-electron chi connectivity index (χ3n) is 5.96. The molecule has 0 saturated heterocycles. The Morgan fingerprint density at radius 1 is 1.18 bits per heavy atom. The predicted octanol–water partition coefficient (Wildman–Crippen LogP) is 4.30. The molecule has 0 aliphatic carbocycles. The van der Waals surface area contributed by atoms with E-state index in [9.17, 15) is 9.59 Å². The molecule has 0 atom stereocenters. The van der Waals surface area contributed by atoms with Gasteiger partial charge in [-0.3, -0.25) is 9.59 Å². The molecule has 3 heterocycles. The maximum absolute atomic E-state index is 12.9. The van der Waals surface area contributed by atoms with E-state index in [2.05, 4.69) is 15.4 Å². The van der Waals surface area contributed by atoms with Crippen LogP contribution in [0.4, 0.5) is 5.00 Å². The van der Waals surface area contributed by atoms with Crippen molar-refractivity contribution in [2.45, 2.75) is 33.6 Å². The highest BCUT2D eigenvalue weighted by molar-refractivity contribution is 7.17. The molecule has 0 spiro atoms. The van der Waals surface area contributed by atoms with Gasteiger partial charge in [0.15, 0.2) is 5.65 Å². The van der Waals surface area contributed by atoms with Crippen LogP contribution in [0.3, 0.4) is 0 Å². The van der Waals surface area contributed by atoms with Gasteiger partial charge in [-0.15, -0.1) is 16.4 Å². The fourth-order valence-corrected chi connectivity index (χ4v) is 5.45. The van der Waals surface area contributed by atoms with Gasteiger partial charge in [0, 0.05) is 29.6 Å². The largest absolute Gasteiger partial charge is 0.479 e. The van der Waals surface area contributed by atoms with E-state index in [1.54, 1.807) is 11.8 Å². The van der Waals surface area contributed by atoms with Crippen molar-refractivity contribution in [1.29, 1.82) is 0 Å². The highest BCUT2D eigenvalue weighted by Gasteiger charge is 2.23. The number of methoxy groups -OCH3 is 1. The normalized spacial score (nSPS) is 11.1. The molecule has 0 unspecified atom stereocenters. The minimum Gasteiger partial charge on any atom is -0.479 e. The van der Waals surface area contributed by atoms with Crippen molar-refractivity contribution in [2.75, 3.05) is 12.4 Å². The molecule has 9 heteroatoms. The molecule has 0 aliphatic heterocycles. The van der Waals surface area contributed by atoms with Gasteiger partial charge in [-0.2, -0.15) is 0 Å². The molecule has 4 aromatic rings. The van der Waals surface area contributed by atoms with E-state index >= 15 is 0 Å². The number of anilines is 1. The third kappa shape index (κ3) is 4.14. The van der Waals surface area contributed by atoms with E-state index in [0.717, 1.165) is 43.9 Å². The topological polar surface area (TPSA) is 112 Å². The number of pyridine rings is 1. The molecule has 0 bridgehead atoms. The number of nitrogens with one attached hydrogen (secondary N) is 1. The number of aromatic nitrogens is 3. The molecule has 0 radical (unpaired) electrons. The molecule has 1 aromatic carbocycles. The zero-order chi connectivity index (χ0) is 24.6. The number of hydrogen-bond donors (Lipinski definition) is 2. The maximum atomic E-state index is 12.9. The van der Waals surface area contributed by atoms with Gasteiger partial charge < -0.3 is 15.8 Å². The zero-order valence-corrected chi connectivity index (χ0v) is 20.7.